The van der Waals surface area contributed by atoms with E-state index in [1.165, 1.54) is 0 Å². The SMILES string of the molecule is COc1ccc(CCN2CC(=O)NC(=O)C2)cc1OC.Cl. The van der Waals surface area contributed by atoms with Crippen LogP contribution in [0.1, 0.15) is 5.56 Å². The summed E-state index contributed by atoms with van der Waals surface area (Å²) in [7, 11) is 3.19. The van der Waals surface area contributed by atoms with Gasteiger partial charge in [-0.25, -0.2) is 0 Å². The minimum absolute atomic E-state index is 0. The molecular formula is C14H19ClN2O4. The van der Waals surface area contributed by atoms with Gasteiger partial charge in [-0.15, -0.1) is 12.4 Å². The van der Waals surface area contributed by atoms with Crippen LogP contribution in [-0.2, 0) is 16.0 Å². The van der Waals surface area contributed by atoms with Crippen molar-refractivity contribution in [3.8, 4) is 11.5 Å². The lowest BCUT2D eigenvalue weighted by Gasteiger charge is -2.25. The Bertz CT molecular complexity index is 506. The molecule has 1 N–H and O–H groups in total. The maximum atomic E-state index is 11.3. The summed E-state index contributed by atoms with van der Waals surface area (Å²) >= 11 is 0. The van der Waals surface area contributed by atoms with E-state index in [2.05, 4.69) is 5.32 Å². The van der Waals surface area contributed by atoms with Gasteiger partial charge in [-0.05, 0) is 24.1 Å². The minimum atomic E-state index is -0.242. The van der Waals surface area contributed by atoms with E-state index in [1.807, 2.05) is 23.1 Å². The predicted octanol–water partition coefficient (Wildman–Crippen LogP) is 0.627. The van der Waals surface area contributed by atoms with Gasteiger partial charge in [0.2, 0.25) is 11.8 Å². The molecule has 6 nitrogen and oxygen atoms in total. The average molecular weight is 315 g/mol. The normalized spacial score (nSPS) is 15.1. The molecule has 0 aliphatic carbocycles. The summed E-state index contributed by atoms with van der Waals surface area (Å²) in [5.74, 6) is 0.878. The quantitative estimate of drug-likeness (QED) is 0.807. The molecule has 1 aromatic carbocycles. The first-order valence-corrected chi connectivity index (χ1v) is 6.38. The lowest BCUT2D eigenvalue weighted by molar-refractivity contribution is -0.135. The van der Waals surface area contributed by atoms with Crippen molar-refractivity contribution in [2.24, 2.45) is 0 Å². The van der Waals surface area contributed by atoms with Gasteiger partial charge in [-0.2, -0.15) is 0 Å². The first-order valence-electron chi connectivity index (χ1n) is 6.38. The van der Waals surface area contributed by atoms with Crippen LogP contribution in [0.15, 0.2) is 18.2 Å². The number of ether oxygens (including phenoxy) is 2. The highest BCUT2D eigenvalue weighted by atomic mass is 35.5. The molecule has 116 valence electrons. The van der Waals surface area contributed by atoms with E-state index in [0.717, 1.165) is 12.0 Å². The lowest BCUT2D eigenvalue weighted by atomic mass is 10.1. The largest absolute Gasteiger partial charge is 0.493 e. The predicted molar refractivity (Wildman–Crippen MR) is 80.1 cm³/mol. The molecular weight excluding hydrogens is 296 g/mol. The van der Waals surface area contributed by atoms with Crippen molar-refractivity contribution in [3.63, 3.8) is 0 Å². The van der Waals surface area contributed by atoms with Crippen molar-refractivity contribution < 1.29 is 19.1 Å². The Morgan fingerprint density at radius 2 is 1.71 bits per heavy atom. The number of nitrogens with zero attached hydrogens (tertiary/aromatic N) is 1. The maximum Gasteiger partial charge on any atom is 0.240 e. The zero-order chi connectivity index (χ0) is 14.5. The topological polar surface area (TPSA) is 67.9 Å². The van der Waals surface area contributed by atoms with Crippen LogP contribution < -0.4 is 14.8 Å². The molecule has 1 fully saturated rings. The van der Waals surface area contributed by atoms with Crippen LogP contribution in [0.2, 0.25) is 0 Å². The van der Waals surface area contributed by atoms with E-state index in [4.69, 9.17) is 9.47 Å². The molecule has 1 saturated heterocycles. The highest BCUT2D eigenvalue weighted by Gasteiger charge is 2.21. The van der Waals surface area contributed by atoms with Crippen LogP contribution in [-0.4, -0.2) is 50.6 Å². The smallest absolute Gasteiger partial charge is 0.240 e. The second-order valence-electron chi connectivity index (χ2n) is 4.62. The number of hydrogen-bond acceptors (Lipinski definition) is 5. The molecule has 7 heteroatoms. The number of benzene rings is 1. The van der Waals surface area contributed by atoms with Crippen molar-refractivity contribution in [1.29, 1.82) is 0 Å². The summed E-state index contributed by atoms with van der Waals surface area (Å²) < 4.78 is 10.4. The molecule has 0 saturated carbocycles. The summed E-state index contributed by atoms with van der Waals surface area (Å²) in [4.78, 5) is 24.4. The Hall–Kier alpha value is -1.79. The number of amides is 2. The summed E-state index contributed by atoms with van der Waals surface area (Å²) in [5, 5.41) is 2.28. The molecule has 0 spiro atoms. The van der Waals surface area contributed by atoms with E-state index >= 15 is 0 Å². The van der Waals surface area contributed by atoms with Crippen LogP contribution in [0, 0.1) is 0 Å². The molecule has 2 rings (SSSR count). The number of carbonyl (C=O) groups excluding carboxylic acids is 2. The van der Waals surface area contributed by atoms with E-state index in [0.29, 0.717) is 18.0 Å². The molecule has 21 heavy (non-hydrogen) atoms. The van der Waals surface area contributed by atoms with Gasteiger partial charge in [0.25, 0.3) is 0 Å². The third-order valence-electron chi connectivity index (χ3n) is 3.18. The summed E-state index contributed by atoms with van der Waals surface area (Å²) in [6.45, 7) is 1.17. The third kappa shape index (κ3) is 4.61. The average Bonchev–Trinajstić information content (AvgIpc) is 2.43. The van der Waals surface area contributed by atoms with E-state index < -0.39 is 0 Å². The first kappa shape index (κ1) is 17.3. The Morgan fingerprint density at radius 3 is 2.29 bits per heavy atom. The van der Waals surface area contributed by atoms with E-state index in [-0.39, 0.29) is 37.3 Å². The zero-order valence-electron chi connectivity index (χ0n) is 12.0. The first-order chi connectivity index (χ1) is 9.62. The van der Waals surface area contributed by atoms with Gasteiger partial charge >= 0.3 is 0 Å². The Kier molecular flexibility index (Phi) is 6.45. The van der Waals surface area contributed by atoms with Crippen molar-refractivity contribution in [3.05, 3.63) is 23.8 Å². The number of nitrogens with one attached hydrogen (secondary N) is 1. The van der Waals surface area contributed by atoms with Gasteiger partial charge in [-0.1, -0.05) is 6.07 Å². The molecule has 1 heterocycles. The highest BCUT2D eigenvalue weighted by Crippen LogP contribution is 2.27. The second-order valence-corrected chi connectivity index (χ2v) is 4.62. The fourth-order valence-electron chi connectivity index (χ4n) is 2.18. The molecule has 2 amide bonds. The van der Waals surface area contributed by atoms with Gasteiger partial charge in [0.15, 0.2) is 11.5 Å². The van der Waals surface area contributed by atoms with Crippen LogP contribution in [0.4, 0.5) is 0 Å². The zero-order valence-corrected chi connectivity index (χ0v) is 12.9. The number of rotatable bonds is 5. The molecule has 0 aromatic heterocycles. The molecule has 0 atom stereocenters. The van der Waals surface area contributed by atoms with Crippen LogP contribution >= 0.6 is 12.4 Å². The minimum Gasteiger partial charge on any atom is -0.493 e. The van der Waals surface area contributed by atoms with Crippen LogP contribution in [0.3, 0.4) is 0 Å². The van der Waals surface area contributed by atoms with Gasteiger partial charge < -0.3 is 9.47 Å². The highest BCUT2D eigenvalue weighted by molar-refractivity contribution is 5.99. The second kappa shape index (κ2) is 7.85. The number of methoxy groups -OCH3 is 2. The standard InChI is InChI=1S/C14H18N2O4.ClH/c1-19-11-4-3-10(7-12(11)20-2)5-6-16-8-13(17)15-14(18)9-16;/h3-4,7H,5-6,8-9H2,1-2H3,(H,15,17,18);1H. The van der Waals surface area contributed by atoms with Crippen LogP contribution in [0.5, 0.6) is 11.5 Å². The number of imide groups is 1. The monoisotopic (exact) mass is 314 g/mol. The Labute approximate surface area is 129 Å². The van der Waals surface area contributed by atoms with Gasteiger partial charge in [-0.3, -0.25) is 19.8 Å². The molecule has 1 aliphatic heterocycles. The summed E-state index contributed by atoms with van der Waals surface area (Å²) in [6, 6.07) is 5.71. The van der Waals surface area contributed by atoms with E-state index in [1.54, 1.807) is 14.2 Å². The lowest BCUT2D eigenvalue weighted by Crippen LogP contribution is -2.51. The molecule has 1 aliphatic rings. The molecule has 0 radical (unpaired) electrons. The van der Waals surface area contributed by atoms with Gasteiger partial charge in [0.1, 0.15) is 0 Å². The van der Waals surface area contributed by atoms with Crippen LogP contribution in [0.25, 0.3) is 0 Å². The third-order valence-corrected chi connectivity index (χ3v) is 3.18. The fourth-order valence-corrected chi connectivity index (χ4v) is 2.18. The summed E-state index contributed by atoms with van der Waals surface area (Å²) in [5.41, 5.74) is 1.07. The van der Waals surface area contributed by atoms with Gasteiger partial charge in [0, 0.05) is 6.54 Å². The molecule has 0 bridgehead atoms. The van der Waals surface area contributed by atoms with Crippen molar-refractivity contribution >= 4 is 24.2 Å². The maximum absolute atomic E-state index is 11.3. The molecule has 0 unspecified atom stereocenters. The van der Waals surface area contributed by atoms with Crippen molar-refractivity contribution in [2.45, 2.75) is 6.42 Å². The number of carbonyl (C=O) groups is 2. The number of halogens is 1. The molecule has 1 aromatic rings. The number of piperazine rings is 1. The Balaban J connectivity index is 0.00000220. The Morgan fingerprint density at radius 1 is 1.10 bits per heavy atom. The van der Waals surface area contributed by atoms with Gasteiger partial charge in [0.05, 0.1) is 27.3 Å². The number of hydrogen-bond donors (Lipinski definition) is 1. The van der Waals surface area contributed by atoms with E-state index in [9.17, 15) is 9.59 Å². The van der Waals surface area contributed by atoms with Crippen molar-refractivity contribution in [2.75, 3.05) is 33.9 Å². The van der Waals surface area contributed by atoms with Crippen molar-refractivity contribution in [1.82, 2.24) is 10.2 Å². The fraction of sp³-hybridized carbons (Fsp3) is 0.429. The summed E-state index contributed by atoms with van der Waals surface area (Å²) in [6.07, 6.45) is 0.737.